The number of morpholine rings is 1. The number of H-pyrrole nitrogens is 1. The monoisotopic (exact) mass is 412 g/mol. The summed E-state index contributed by atoms with van der Waals surface area (Å²) in [6.07, 6.45) is 2.77. The molecule has 1 atom stereocenters. The lowest BCUT2D eigenvalue weighted by molar-refractivity contribution is 0.0307. The van der Waals surface area contributed by atoms with Crippen LogP contribution in [0.4, 0.5) is 4.39 Å². The Bertz CT molecular complexity index is 1040. The third-order valence-electron chi connectivity index (χ3n) is 5.90. The first-order valence-electron chi connectivity index (χ1n) is 10.5. The molecule has 0 aliphatic carbocycles. The van der Waals surface area contributed by atoms with Crippen LogP contribution >= 0.6 is 0 Å². The Kier molecular flexibility index (Phi) is 5.26. The summed E-state index contributed by atoms with van der Waals surface area (Å²) in [6, 6.07) is 7.96. The second-order valence-corrected chi connectivity index (χ2v) is 7.95. The van der Waals surface area contributed by atoms with Gasteiger partial charge in [0.2, 0.25) is 0 Å². The second kappa shape index (κ2) is 8.20. The molecule has 1 amide bonds. The van der Waals surface area contributed by atoms with Gasteiger partial charge in [-0.25, -0.2) is 9.37 Å². The molecule has 5 rings (SSSR count). The van der Waals surface area contributed by atoms with Crippen molar-refractivity contribution in [3.05, 3.63) is 53.5 Å². The lowest BCUT2D eigenvalue weighted by Crippen LogP contribution is -2.38. The van der Waals surface area contributed by atoms with Crippen LogP contribution < -0.4 is 0 Å². The number of furan rings is 1. The highest BCUT2D eigenvalue weighted by atomic mass is 19.1. The minimum atomic E-state index is -0.308. The first-order chi connectivity index (χ1) is 14.7. The van der Waals surface area contributed by atoms with Gasteiger partial charge in [-0.1, -0.05) is 0 Å². The molecule has 1 N–H and O–H groups in total. The van der Waals surface area contributed by atoms with Crippen molar-refractivity contribution >= 4 is 16.9 Å². The van der Waals surface area contributed by atoms with Crippen molar-refractivity contribution in [2.45, 2.75) is 31.8 Å². The number of halogens is 1. The molecule has 2 aliphatic heterocycles. The first-order valence-corrected chi connectivity index (χ1v) is 10.5. The van der Waals surface area contributed by atoms with Crippen molar-refractivity contribution in [3.8, 4) is 0 Å². The molecule has 2 fully saturated rings. The number of hydrogen-bond donors (Lipinski definition) is 1. The number of likely N-dealkylation sites (tertiary alicyclic amines) is 1. The number of piperidine rings is 1. The summed E-state index contributed by atoms with van der Waals surface area (Å²) < 4.78 is 24.8. The van der Waals surface area contributed by atoms with Gasteiger partial charge >= 0.3 is 0 Å². The number of nitrogens with zero attached hydrogens (tertiary/aromatic N) is 3. The van der Waals surface area contributed by atoms with Crippen LogP contribution in [-0.4, -0.2) is 58.5 Å². The fraction of sp³-hybridized carbons (Fsp3) is 0.455. The Morgan fingerprint density at radius 1 is 1.17 bits per heavy atom. The minimum Gasteiger partial charge on any atom is -0.455 e. The summed E-state index contributed by atoms with van der Waals surface area (Å²) in [5.41, 5.74) is 1.35. The predicted molar refractivity (Wildman–Crippen MR) is 108 cm³/mol. The average Bonchev–Trinajstić information content (AvgIpc) is 3.40. The van der Waals surface area contributed by atoms with Gasteiger partial charge in [0.05, 0.1) is 36.8 Å². The summed E-state index contributed by atoms with van der Waals surface area (Å²) in [5, 5.41) is 0. The van der Waals surface area contributed by atoms with Crippen LogP contribution in [0, 0.1) is 5.82 Å². The van der Waals surface area contributed by atoms with Crippen LogP contribution in [0.15, 0.2) is 34.7 Å². The highest BCUT2D eigenvalue weighted by molar-refractivity contribution is 5.92. The van der Waals surface area contributed by atoms with E-state index in [0.29, 0.717) is 35.7 Å². The Morgan fingerprint density at radius 2 is 2.03 bits per heavy atom. The number of rotatable bonds is 4. The van der Waals surface area contributed by atoms with Crippen LogP contribution in [0.3, 0.4) is 0 Å². The molecule has 0 spiro atoms. The van der Waals surface area contributed by atoms with E-state index in [0.717, 1.165) is 51.3 Å². The number of hydrogen-bond acceptors (Lipinski definition) is 5. The van der Waals surface area contributed by atoms with E-state index in [-0.39, 0.29) is 17.8 Å². The van der Waals surface area contributed by atoms with Crippen LogP contribution in [0.25, 0.3) is 11.0 Å². The molecule has 2 aromatic heterocycles. The highest BCUT2D eigenvalue weighted by Crippen LogP contribution is 2.32. The van der Waals surface area contributed by atoms with Gasteiger partial charge in [0.1, 0.15) is 17.4 Å². The maximum absolute atomic E-state index is 13.5. The summed E-state index contributed by atoms with van der Waals surface area (Å²) in [7, 11) is 0. The Balaban J connectivity index is 1.35. The first kappa shape index (κ1) is 19.3. The van der Waals surface area contributed by atoms with Gasteiger partial charge in [-0.3, -0.25) is 9.69 Å². The Hall–Kier alpha value is -2.71. The van der Waals surface area contributed by atoms with E-state index in [1.807, 2.05) is 11.0 Å². The number of amides is 1. The molecule has 0 radical (unpaired) electrons. The van der Waals surface area contributed by atoms with Crippen molar-refractivity contribution in [2.75, 3.05) is 32.8 Å². The molecule has 30 heavy (non-hydrogen) atoms. The van der Waals surface area contributed by atoms with Gasteiger partial charge in [-0.05, 0) is 49.6 Å². The Morgan fingerprint density at radius 3 is 2.90 bits per heavy atom. The number of carbonyl (C=O) groups is 1. The van der Waals surface area contributed by atoms with Crippen molar-refractivity contribution < 1.29 is 18.3 Å². The zero-order valence-corrected chi connectivity index (χ0v) is 16.8. The topological polar surface area (TPSA) is 74.6 Å². The van der Waals surface area contributed by atoms with Crippen molar-refractivity contribution in [1.82, 2.24) is 19.8 Å². The fourth-order valence-electron chi connectivity index (χ4n) is 4.32. The lowest BCUT2D eigenvalue weighted by Gasteiger charge is -2.34. The van der Waals surface area contributed by atoms with Gasteiger partial charge in [0.15, 0.2) is 5.76 Å². The zero-order chi connectivity index (χ0) is 20.5. The number of ether oxygens (including phenoxy) is 1. The van der Waals surface area contributed by atoms with Gasteiger partial charge in [0.25, 0.3) is 5.91 Å². The minimum absolute atomic E-state index is 0.125. The fourth-order valence-corrected chi connectivity index (χ4v) is 4.32. The lowest BCUT2D eigenvalue weighted by atomic mass is 10.0. The van der Waals surface area contributed by atoms with E-state index in [1.54, 1.807) is 12.1 Å². The SMILES string of the molecule is O=C(c1ccc(CN2CCOCC2)o1)N1CCCC[C@@H]1c1nc2ccc(F)cc2[nH]1. The molecular weight excluding hydrogens is 387 g/mol. The Labute approximate surface area is 173 Å². The van der Waals surface area contributed by atoms with E-state index in [9.17, 15) is 9.18 Å². The van der Waals surface area contributed by atoms with Crippen molar-refractivity contribution in [2.24, 2.45) is 0 Å². The molecule has 2 aliphatic rings. The quantitative estimate of drug-likeness (QED) is 0.710. The van der Waals surface area contributed by atoms with Crippen LogP contribution in [0.2, 0.25) is 0 Å². The number of imidazole rings is 1. The van der Waals surface area contributed by atoms with E-state index >= 15 is 0 Å². The maximum Gasteiger partial charge on any atom is 0.290 e. The molecule has 0 bridgehead atoms. The number of aromatic amines is 1. The third kappa shape index (κ3) is 3.85. The van der Waals surface area contributed by atoms with Gasteiger partial charge in [-0.2, -0.15) is 0 Å². The summed E-state index contributed by atoms with van der Waals surface area (Å²) in [4.78, 5) is 25.2. The molecule has 2 saturated heterocycles. The van der Waals surface area contributed by atoms with E-state index in [2.05, 4.69) is 14.9 Å². The van der Waals surface area contributed by atoms with Crippen LogP contribution in [0.5, 0.6) is 0 Å². The van der Waals surface area contributed by atoms with Gasteiger partial charge in [-0.15, -0.1) is 0 Å². The second-order valence-electron chi connectivity index (χ2n) is 7.95. The summed E-state index contributed by atoms with van der Waals surface area (Å²) >= 11 is 0. The predicted octanol–water partition coefficient (Wildman–Crippen LogP) is 3.49. The van der Waals surface area contributed by atoms with E-state index < -0.39 is 0 Å². The molecule has 8 heteroatoms. The third-order valence-corrected chi connectivity index (χ3v) is 5.90. The van der Waals surface area contributed by atoms with Crippen molar-refractivity contribution in [1.29, 1.82) is 0 Å². The molecule has 1 aromatic carbocycles. The smallest absolute Gasteiger partial charge is 0.290 e. The summed E-state index contributed by atoms with van der Waals surface area (Å²) in [6.45, 7) is 4.51. The highest BCUT2D eigenvalue weighted by Gasteiger charge is 2.32. The normalized spacial score (nSPS) is 20.7. The summed E-state index contributed by atoms with van der Waals surface area (Å²) in [5.74, 6) is 1.40. The standard InChI is InChI=1S/C22H25FN4O3/c23-15-4-6-17-18(13-15)25-21(24-17)19-3-1-2-8-27(19)22(28)20-7-5-16(30-20)14-26-9-11-29-12-10-26/h4-7,13,19H,1-3,8-12,14H2,(H,24,25)/t19-/m1/s1. The molecule has 0 unspecified atom stereocenters. The van der Waals surface area contributed by atoms with Crippen LogP contribution in [-0.2, 0) is 11.3 Å². The number of nitrogens with one attached hydrogen (secondary N) is 1. The number of carbonyl (C=O) groups excluding carboxylic acids is 1. The molecule has 4 heterocycles. The van der Waals surface area contributed by atoms with Crippen LogP contribution in [0.1, 0.15) is 47.4 Å². The molecular formula is C22H25FN4O3. The van der Waals surface area contributed by atoms with Crippen molar-refractivity contribution in [3.63, 3.8) is 0 Å². The van der Waals surface area contributed by atoms with Gasteiger partial charge < -0.3 is 19.0 Å². The number of benzene rings is 1. The molecule has 7 nitrogen and oxygen atoms in total. The number of fused-ring (bicyclic) bond motifs is 1. The van der Waals surface area contributed by atoms with Gasteiger partial charge in [0, 0.05) is 19.6 Å². The molecule has 158 valence electrons. The van der Waals surface area contributed by atoms with E-state index in [4.69, 9.17) is 9.15 Å². The maximum atomic E-state index is 13.5. The zero-order valence-electron chi connectivity index (χ0n) is 16.8. The average molecular weight is 412 g/mol. The molecule has 0 saturated carbocycles. The van der Waals surface area contributed by atoms with E-state index in [1.165, 1.54) is 12.1 Å². The number of aromatic nitrogens is 2. The largest absolute Gasteiger partial charge is 0.455 e. The molecule has 3 aromatic rings.